The molecule has 0 saturated carbocycles. The molecular weight excluding hydrogens is 781 g/mol. The standard InChI is InChI=1S/C55H36N4S2/c1-33-19-21-53-49(27-33)58(45-17-9-10-18-52(45)60-53)46-29-41-37-12-4-6-14-39(37)47(30-42(41)36-11-3-5-13-38(36)46)59-50-28-34(2)20-22-54(50)61-55-31-43-40-15-7-8-16-44(40)57(48(43)32-51(55)59)35-23-25-56-26-24-35/h3-32H,1-2H3. The highest BCUT2D eigenvalue weighted by Crippen LogP contribution is 2.57. The normalized spacial score (nSPS) is 13.2. The van der Waals surface area contributed by atoms with E-state index in [1.54, 1.807) is 0 Å². The Bertz CT molecular complexity index is 3650. The molecular formula is C55H36N4S2. The molecule has 2 aliphatic rings. The zero-order valence-corrected chi connectivity index (χ0v) is 35.1. The molecule has 288 valence electrons. The van der Waals surface area contributed by atoms with Crippen molar-refractivity contribution in [1.29, 1.82) is 0 Å². The average molecular weight is 817 g/mol. The fourth-order valence-electron chi connectivity index (χ4n) is 9.82. The van der Waals surface area contributed by atoms with Crippen molar-refractivity contribution in [2.45, 2.75) is 33.4 Å². The second kappa shape index (κ2) is 13.3. The van der Waals surface area contributed by atoms with E-state index in [4.69, 9.17) is 0 Å². The number of anilines is 6. The monoisotopic (exact) mass is 816 g/mol. The number of para-hydroxylation sites is 2. The molecule has 61 heavy (non-hydrogen) atoms. The molecule has 9 aromatic carbocycles. The molecule has 11 aromatic rings. The van der Waals surface area contributed by atoms with Crippen molar-refractivity contribution in [2.75, 3.05) is 9.80 Å². The lowest BCUT2D eigenvalue weighted by Crippen LogP contribution is -2.16. The highest BCUT2D eigenvalue weighted by molar-refractivity contribution is 8.00. The molecule has 0 fully saturated rings. The van der Waals surface area contributed by atoms with Gasteiger partial charge in [0, 0.05) is 59.2 Å². The van der Waals surface area contributed by atoms with Crippen molar-refractivity contribution in [2.24, 2.45) is 0 Å². The molecule has 2 aliphatic heterocycles. The van der Waals surface area contributed by atoms with Crippen LogP contribution >= 0.6 is 23.5 Å². The fraction of sp³-hybridized carbons (Fsp3) is 0.0364. The number of benzene rings is 9. The van der Waals surface area contributed by atoms with Gasteiger partial charge in [0.15, 0.2) is 0 Å². The predicted octanol–water partition coefficient (Wildman–Crippen LogP) is 16.1. The maximum Gasteiger partial charge on any atom is 0.0623 e. The molecule has 0 bridgehead atoms. The maximum absolute atomic E-state index is 4.37. The van der Waals surface area contributed by atoms with Crippen molar-refractivity contribution >= 4 is 112 Å². The van der Waals surface area contributed by atoms with E-state index in [0.717, 1.165) is 5.69 Å². The summed E-state index contributed by atoms with van der Waals surface area (Å²) in [6, 6.07) is 63.4. The summed E-state index contributed by atoms with van der Waals surface area (Å²) in [4.78, 5) is 14.4. The van der Waals surface area contributed by atoms with E-state index < -0.39 is 0 Å². The van der Waals surface area contributed by atoms with E-state index >= 15 is 0 Å². The summed E-state index contributed by atoms with van der Waals surface area (Å²) in [5.74, 6) is 0. The summed E-state index contributed by atoms with van der Waals surface area (Å²) >= 11 is 3.73. The van der Waals surface area contributed by atoms with Gasteiger partial charge in [-0.1, -0.05) is 115 Å². The third-order valence-corrected chi connectivity index (χ3v) is 14.7. The van der Waals surface area contributed by atoms with Gasteiger partial charge in [-0.05, 0) is 125 Å². The van der Waals surface area contributed by atoms with Gasteiger partial charge >= 0.3 is 0 Å². The van der Waals surface area contributed by atoms with Gasteiger partial charge in [-0.3, -0.25) is 4.98 Å². The van der Waals surface area contributed by atoms with Crippen LogP contribution in [-0.4, -0.2) is 9.55 Å². The largest absolute Gasteiger partial charge is 0.309 e. The van der Waals surface area contributed by atoms with E-state index in [1.165, 1.54) is 119 Å². The summed E-state index contributed by atoms with van der Waals surface area (Å²) in [6.45, 7) is 4.39. The van der Waals surface area contributed by atoms with Gasteiger partial charge < -0.3 is 14.4 Å². The Hall–Kier alpha value is -6.99. The van der Waals surface area contributed by atoms with E-state index in [9.17, 15) is 0 Å². The summed E-state index contributed by atoms with van der Waals surface area (Å²) in [7, 11) is 0. The second-order valence-electron chi connectivity index (χ2n) is 16.2. The fourth-order valence-corrected chi connectivity index (χ4v) is 11.9. The van der Waals surface area contributed by atoms with Crippen LogP contribution in [0.1, 0.15) is 11.1 Å². The van der Waals surface area contributed by atoms with Crippen molar-refractivity contribution in [3.63, 3.8) is 0 Å². The highest BCUT2D eigenvalue weighted by atomic mass is 32.2. The SMILES string of the molecule is Cc1ccc2c(c1)N(c1cc3c4ccccc4c(N4c5cc(C)ccc5Sc5cc6c7ccccc7n(-c7ccncc7)c6cc54)cc3c3ccccc13)c1ccccc1S2. The zero-order chi connectivity index (χ0) is 40.3. The third-order valence-electron chi connectivity index (χ3n) is 12.5. The minimum atomic E-state index is 1.10. The second-order valence-corrected chi connectivity index (χ2v) is 18.3. The lowest BCUT2D eigenvalue weighted by molar-refractivity contribution is 1.14. The molecule has 0 atom stereocenters. The summed E-state index contributed by atoms with van der Waals surface area (Å²) < 4.78 is 2.39. The molecule has 0 radical (unpaired) electrons. The Kier molecular flexibility index (Phi) is 7.57. The van der Waals surface area contributed by atoms with E-state index in [2.05, 4.69) is 203 Å². The van der Waals surface area contributed by atoms with Crippen LogP contribution in [0.25, 0.3) is 59.8 Å². The highest BCUT2D eigenvalue weighted by Gasteiger charge is 2.31. The van der Waals surface area contributed by atoms with Crippen molar-refractivity contribution in [3.8, 4) is 5.69 Å². The topological polar surface area (TPSA) is 24.3 Å². The number of hydrogen-bond acceptors (Lipinski definition) is 5. The molecule has 4 heterocycles. The minimum Gasteiger partial charge on any atom is -0.309 e. The van der Waals surface area contributed by atoms with Gasteiger partial charge in [0.25, 0.3) is 0 Å². The quantitative estimate of drug-likeness (QED) is 0.165. The molecule has 0 unspecified atom stereocenters. The molecule has 0 aliphatic carbocycles. The first kappa shape index (κ1) is 34.8. The van der Waals surface area contributed by atoms with Crippen LogP contribution in [0.15, 0.2) is 202 Å². The van der Waals surface area contributed by atoms with Crippen molar-refractivity contribution < 1.29 is 0 Å². The number of hydrogen-bond donors (Lipinski definition) is 0. The van der Waals surface area contributed by atoms with E-state index in [-0.39, 0.29) is 0 Å². The molecule has 0 amide bonds. The lowest BCUT2D eigenvalue weighted by atomic mass is 9.93. The predicted molar refractivity (Wildman–Crippen MR) is 258 cm³/mol. The maximum atomic E-state index is 4.37. The van der Waals surface area contributed by atoms with Gasteiger partial charge in [-0.15, -0.1) is 0 Å². The molecule has 0 spiro atoms. The number of pyridine rings is 1. The number of nitrogens with zero attached hydrogens (tertiary/aromatic N) is 4. The summed E-state index contributed by atoms with van der Waals surface area (Å²) in [5.41, 5.74) is 13.1. The first-order valence-electron chi connectivity index (χ1n) is 20.7. The molecule has 6 heteroatoms. The molecule has 4 nitrogen and oxygen atoms in total. The van der Waals surface area contributed by atoms with Crippen molar-refractivity contribution in [3.05, 3.63) is 193 Å². The lowest BCUT2D eigenvalue weighted by Gasteiger charge is -2.35. The molecule has 0 saturated heterocycles. The number of fused-ring (bicyclic) bond motifs is 12. The van der Waals surface area contributed by atoms with Gasteiger partial charge in [0.05, 0.1) is 45.2 Å². The molecule has 13 rings (SSSR count). The Labute approximate surface area is 361 Å². The van der Waals surface area contributed by atoms with E-state index in [0.29, 0.717) is 0 Å². The Balaban J connectivity index is 1.12. The van der Waals surface area contributed by atoms with Gasteiger partial charge in [0.2, 0.25) is 0 Å². The Morgan fingerprint density at radius 1 is 0.344 bits per heavy atom. The van der Waals surface area contributed by atoms with Crippen LogP contribution in [0.2, 0.25) is 0 Å². The number of aryl methyl sites for hydroxylation is 2. The van der Waals surface area contributed by atoms with Crippen LogP contribution in [0.3, 0.4) is 0 Å². The summed E-state index contributed by atoms with van der Waals surface area (Å²) in [5, 5.41) is 9.85. The molecule has 0 N–H and O–H groups in total. The van der Waals surface area contributed by atoms with E-state index in [1.807, 2.05) is 35.9 Å². The zero-order valence-electron chi connectivity index (χ0n) is 33.4. The van der Waals surface area contributed by atoms with Crippen LogP contribution in [-0.2, 0) is 0 Å². The van der Waals surface area contributed by atoms with Crippen LogP contribution in [0.5, 0.6) is 0 Å². The van der Waals surface area contributed by atoms with Gasteiger partial charge in [-0.2, -0.15) is 0 Å². The summed E-state index contributed by atoms with van der Waals surface area (Å²) in [6.07, 6.45) is 3.77. The van der Waals surface area contributed by atoms with Crippen molar-refractivity contribution in [1.82, 2.24) is 9.55 Å². The van der Waals surface area contributed by atoms with Crippen LogP contribution in [0, 0.1) is 13.8 Å². The Morgan fingerprint density at radius 3 is 1.51 bits per heavy atom. The average Bonchev–Trinajstić information content (AvgIpc) is 3.62. The van der Waals surface area contributed by atoms with Crippen LogP contribution < -0.4 is 9.80 Å². The van der Waals surface area contributed by atoms with Gasteiger partial charge in [0.1, 0.15) is 0 Å². The molecule has 2 aromatic heterocycles. The third kappa shape index (κ3) is 5.19. The first-order chi connectivity index (χ1) is 30.1. The van der Waals surface area contributed by atoms with Gasteiger partial charge in [-0.25, -0.2) is 0 Å². The number of aromatic nitrogens is 2. The van der Waals surface area contributed by atoms with Crippen LogP contribution in [0.4, 0.5) is 34.1 Å². The first-order valence-corrected chi connectivity index (χ1v) is 22.3. The smallest absolute Gasteiger partial charge is 0.0623 e. The Morgan fingerprint density at radius 2 is 0.852 bits per heavy atom. The minimum absolute atomic E-state index is 1.10. The number of rotatable bonds is 3.